The molecule has 0 aliphatic carbocycles. The van der Waals surface area contributed by atoms with Crippen molar-refractivity contribution < 1.29 is 4.79 Å². The fraction of sp³-hybridized carbons (Fsp3) is 0.556. The number of hydrogen-bond acceptors (Lipinski definition) is 4. The second-order valence-corrected chi connectivity index (χ2v) is 3.90. The standard InChI is InChI=1S/C9H15N3OS/c1-7(4-10)12-9(13)3-2-8-5-14-6-11-8/h5-7H,2-4,10H2,1H3,(H,12,13)/t7-/m1/s1. The number of carbonyl (C=O) groups is 1. The van der Waals surface area contributed by atoms with Crippen molar-refractivity contribution >= 4 is 17.2 Å². The van der Waals surface area contributed by atoms with Crippen molar-refractivity contribution in [3.05, 3.63) is 16.6 Å². The van der Waals surface area contributed by atoms with E-state index < -0.39 is 0 Å². The molecule has 1 rings (SSSR count). The molecule has 1 amide bonds. The molecule has 1 atom stereocenters. The minimum Gasteiger partial charge on any atom is -0.352 e. The zero-order valence-electron chi connectivity index (χ0n) is 8.19. The molecule has 1 aromatic rings. The first-order valence-corrected chi connectivity index (χ1v) is 5.53. The summed E-state index contributed by atoms with van der Waals surface area (Å²) in [5.41, 5.74) is 8.14. The molecule has 3 N–H and O–H groups in total. The SMILES string of the molecule is C[C@H](CN)NC(=O)CCc1cscn1. The van der Waals surface area contributed by atoms with Crippen LogP contribution in [0.2, 0.25) is 0 Å². The van der Waals surface area contributed by atoms with Gasteiger partial charge in [-0.25, -0.2) is 4.98 Å². The number of aryl methyl sites for hydroxylation is 1. The van der Waals surface area contributed by atoms with Crippen molar-refractivity contribution in [3.63, 3.8) is 0 Å². The molecule has 0 fully saturated rings. The van der Waals surface area contributed by atoms with Crippen LogP contribution < -0.4 is 11.1 Å². The second-order valence-electron chi connectivity index (χ2n) is 3.18. The monoisotopic (exact) mass is 213 g/mol. The Morgan fingerprint density at radius 2 is 2.57 bits per heavy atom. The molecule has 0 spiro atoms. The smallest absolute Gasteiger partial charge is 0.220 e. The largest absolute Gasteiger partial charge is 0.352 e. The van der Waals surface area contributed by atoms with E-state index in [2.05, 4.69) is 10.3 Å². The number of amides is 1. The number of nitrogens with one attached hydrogen (secondary N) is 1. The zero-order valence-corrected chi connectivity index (χ0v) is 9.01. The average molecular weight is 213 g/mol. The Balaban J connectivity index is 2.22. The molecule has 14 heavy (non-hydrogen) atoms. The normalized spacial score (nSPS) is 12.4. The van der Waals surface area contributed by atoms with Gasteiger partial charge in [0.15, 0.2) is 0 Å². The number of aromatic nitrogens is 1. The average Bonchev–Trinajstić information content (AvgIpc) is 2.67. The molecule has 0 bridgehead atoms. The third-order valence-corrected chi connectivity index (χ3v) is 2.49. The van der Waals surface area contributed by atoms with Crippen LogP contribution in [0.1, 0.15) is 19.0 Å². The topological polar surface area (TPSA) is 68.0 Å². The number of rotatable bonds is 5. The lowest BCUT2D eigenvalue weighted by Crippen LogP contribution is -2.37. The maximum absolute atomic E-state index is 11.3. The van der Waals surface area contributed by atoms with Crippen molar-refractivity contribution in [2.45, 2.75) is 25.8 Å². The van der Waals surface area contributed by atoms with Gasteiger partial charge in [-0.3, -0.25) is 4.79 Å². The van der Waals surface area contributed by atoms with Crippen LogP contribution in [0, 0.1) is 0 Å². The summed E-state index contributed by atoms with van der Waals surface area (Å²) in [6.07, 6.45) is 1.18. The first-order chi connectivity index (χ1) is 6.72. The highest BCUT2D eigenvalue weighted by molar-refractivity contribution is 7.07. The fourth-order valence-electron chi connectivity index (χ4n) is 1.01. The van der Waals surface area contributed by atoms with Crippen LogP contribution in [0.3, 0.4) is 0 Å². The number of carbonyl (C=O) groups excluding carboxylic acids is 1. The van der Waals surface area contributed by atoms with Gasteiger partial charge in [0.1, 0.15) is 0 Å². The van der Waals surface area contributed by atoms with Crippen molar-refractivity contribution in [1.29, 1.82) is 0 Å². The lowest BCUT2D eigenvalue weighted by molar-refractivity contribution is -0.121. The lowest BCUT2D eigenvalue weighted by atomic mass is 10.2. The van der Waals surface area contributed by atoms with Gasteiger partial charge in [0.25, 0.3) is 0 Å². The lowest BCUT2D eigenvalue weighted by Gasteiger charge is -2.10. The Bertz CT molecular complexity index is 274. The summed E-state index contributed by atoms with van der Waals surface area (Å²) < 4.78 is 0. The maximum atomic E-state index is 11.3. The summed E-state index contributed by atoms with van der Waals surface area (Å²) >= 11 is 1.55. The van der Waals surface area contributed by atoms with Gasteiger partial charge in [-0.15, -0.1) is 11.3 Å². The third-order valence-electron chi connectivity index (χ3n) is 1.85. The molecule has 4 nitrogen and oxygen atoms in total. The maximum Gasteiger partial charge on any atom is 0.220 e. The molecule has 0 saturated carbocycles. The van der Waals surface area contributed by atoms with Gasteiger partial charge in [0.2, 0.25) is 5.91 Å². The zero-order chi connectivity index (χ0) is 10.4. The molecule has 0 saturated heterocycles. The van der Waals surface area contributed by atoms with E-state index in [1.807, 2.05) is 12.3 Å². The third kappa shape index (κ3) is 3.85. The van der Waals surface area contributed by atoms with Gasteiger partial charge in [0, 0.05) is 24.4 Å². The number of nitrogens with two attached hydrogens (primary N) is 1. The first kappa shape index (κ1) is 11.1. The molecule has 0 aromatic carbocycles. The highest BCUT2D eigenvalue weighted by Crippen LogP contribution is 2.03. The Kier molecular flexibility index (Phi) is 4.55. The fourth-order valence-corrected chi connectivity index (χ4v) is 1.60. The van der Waals surface area contributed by atoms with Crippen LogP contribution in [-0.4, -0.2) is 23.5 Å². The molecule has 1 heterocycles. The van der Waals surface area contributed by atoms with Gasteiger partial charge in [-0.1, -0.05) is 0 Å². The van der Waals surface area contributed by atoms with E-state index >= 15 is 0 Å². The number of nitrogens with zero attached hydrogens (tertiary/aromatic N) is 1. The van der Waals surface area contributed by atoms with E-state index in [1.54, 1.807) is 16.8 Å². The minimum atomic E-state index is 0.0379. The van der Waals surface area contributed by atoms with E-state index in [0.717, 1.165) is 5.69 Å². The van der Waals surface area contributed by atoms with E-state index in [0.29, 0.717) is 19.4 Å². The van der Waals surface area contributed by atoms with Crippen LogP contribution in [0.4, 0.5) is 0 Å². The summed E-state index contributed by atoms with van der Waals surface area (Å²) in [5.74, 6) is 0.0379. The van der Waals surface area contributed by atoms with Crippen molar-refractivity contribution in [3.8, 4) is 0 Å². The minimum absolute atomic E-state index is 0.0379. The van der Waals surface area contributed by atoms with Gasteiger partial charge in [0.05, 0.1) is 11.2 Å². The predicted molar refractivity (Wildman–Crippen MR) is 57.1 cm³/mol. The van der Waals surface area contributed by atoms with Gasteiger partial charge in [-0.2, -0.15) is 0 Å². The molecular formula is C9H15N3OS. The van der Waals surface area contributed by atoms with Crippen LogP contribution in [0.5, 0.6) is 0 Å². The first-order valence-electron chi connectivity index (χ1n) is 4.59. The van der Waals surface area contributed by atoms with Crippen LogP contribution in [0.25, 0.3) is 0 Å². The van der Waals surface area contributed by atoms with Crippen LogP contribution in [0.15, 0.2) is 10.9 Å². The van der Waals surface area contributed by atoms with Gasteiger partial charge in [-0.05, 0) is 13.3 Å². The van der Waals surface area contributed by atoms with Crippen LogP contribution >= 0.6 is 11.3 Å². The summed E-state index contributed by atoms with van der Waals surface area (Å²) in [4.78, 5) is 15.4. The highest BCUT2D eigenvalue weighted by Gasteiger charge is 2.06. The molecule has 0 radical (unpaired) electrons. The number of hydrogen-bond donors (Lipinski definition) is 2. The summed E-state index contributed by atoms with van der Waals surface area (Å²) in [6.45, 7) is 2.36. The highest BCUT2D eigenvalue weighted by atomic mass is 32.1. The predicted octanol–water partition coefficient (Wildman–Crippen LogP) is 0.539. The quantitative estimate of drug-likeness (QED) is 0.750. The van der Waals surface area contributed by atoms with Gasteiger partial charge < -0.3 is 11.1 Å². The van der Waals surface area contributed by atoms with Crippen LogP contribution in [-0.2, 0) is 11.2 Å². The van der Waals surface area contributed by atoms with Crippen molar-refractivity contribution in [2.24, 2.45) is 5.73 Å². The number of thiazole rings is 1. The van der Waals surface area contributed by atoms with E-state index in [1.165, 1.54) is 0 Å². The molecule has 0 unspecified atom stereocenters. The Labute approximate surface area is 87.5 Å². The van der Waals surface area contributed by atoms with E-state index in [-0.39, 0.29) is 11.9 Å². The molecule has 1 aromatic heterocycles. The molecule has 78 valence electrons. The molecule has 0 aliphatic rings. The Hall–Kier alpha value is -0.940. The summed E-state index contributed by atoms with van der Waals surface area (Å²) in [5, 5.41) is 4.76. The van der Waals surface area contributed by atoms with E-state index in [9.17, 15) is 4.79 Å². The van der Waals surface area contributed by atoms with Gasteiger partial charge >= 0.3 is 0 Å². The molecule has 5 heteroatoms. The van der Waals surface area contributed by atoms with E-state index in [4.69, 9.17) is 5.73 Å². The Morgan fingerprint density at radius 1 is 1.79 bits per heavy atom. The summed E-state index contributed by atoms with van der Waals surface area (Å²) in [7, 11) is 0. The Morgan fingerprint density at radius 3 is 3.14 bits per heavy atom. The summed E-state index contributed by atoms with van der Waals surface area (Å²) in [6, 6.07) is 0.0536. The molecular weight excluding hydrogens is 198 g/mol. The second kappa shape index (κ2) is 5.72. The molecule has 0 aliphatic heterocycles. The van der Waals surface area contributed by atoms with Crippen molar-refractivity contribution in [1.82, 2.24) is 10.3 Å². The van der Waals surface area contributed by atoms with Crippen molar-refractivity contribution in [2.75, 3.05) is 6.54 Å².